The molecule has 1 aromatic heterocycles. The van der Waals surface area contributed by atoms with Crippen molar-refractivity contribution in [2.24, 2.45) is 13.0 Å². The van der Waals surface area contributed by atoms with Crippen LogP contribution in [0.25, 0.3) is 0 Å². The number of carbonyl (C=O) groups excluding carboxylic acids is 1. The predicted molar refractivity (Wildman–Crippen MR) is 73.6 cm³/mol. The molecule has 0 N–H and O–H groups in total. The lowest BCUT2D eigenvalue weighted by molar-refractivity contribution is -0.00189. The molecule has 2 rings (SSSR count). The number of carbonyl (C=O) groups is 1. The number of nitrogens with zero attached hydrogens (tertiary/aromatic N) is 2. The first kappa shape index (κ1) is 13.6. The predicted octanol–water partition coefficient (Wildman–Crippen LogP) is 2.28. The molecule has 0 saturated carbocycles. The van der Waals surface area contributed by atoms with Gasteiger partial charge in [-0.15, -0.1) is 0 Å². The minimum atomic E-state index is 0.0807. The Hall–Kier alpha value is -0.810. The Morgan fingerprint density at radius 2 is 2.28 bits per heavy atom. The van der Waals surface area contributed by atoms with E-state index in [2.05, 4.69) is 22.9 Å². The summed E-state index contributed by atoms with van der Waals surface area (Å²) in [4.78, 5) is 14.3. The summed E-state index contributed by atoms with van der Waals surface area (Å²) < 4.78 is 8.23. The van der Waals surface area contributed by atoms with Crippen LogP contribution in [0.15, 0.2) is 16.7 Å². The smallest absolute Gasteiger partial charge is 0.270 e. The minimum Gasteiger partial charge on any atom is -0.379 e. The first-order valence-corrected chi connectivity index (χ1v) is 6.96. The fourth-order valence-electron chi connectivity index (χ4n) is 2.42. The van der Waals surface area contributed by atoms with Gasteiger partial charge in [-0.25, -0.2) is 0 Å². The van der Waals surface area contributed by atoms with E-state index < -0.39 is 0 Å². The second kappa shape index (κ2) is 5.45. The summed E-state index contributed by atoms with van der Waals surface area (Å²) in [5.74, 6) is 0.594. The Morgan fingerprint density at radius 1 is 1.56 bits per heavy atom. The van der Waals surface area contributed by atoms with Gasteiger partial charge in [0.2, 0.25) is 0 Å². The highest BCUT2D eigenvalue weighted by Crippen LogP contribution is 2.22. The topological polar surface area (TPSA) is 34.5 Å². The maximum Gasteiger partial charge on any atom is 0.270 e. The van der Waals surface area contributed by atoms with E-state index >= 15 is 0 Å². The Balaban J connectivity index is 2.12. The van der Waals surface area contributed by atoms with E-state index in [9.17, 15) is 4.79 Å². The van der Waals surface area contributed by atoms with Gasteiger partial charge in [0.15, 0.2) is 0 Å². The minimum absolute atomic E-state index is 0.0807. The van der Waals surface area contributed by atoms with Crippen molar-refractivity contribution in [1.29, 1.82) is 0 Å². The molecule has 100 valence electrons. The molecule has 1 aromatic rings. The summed E-state index contributed by atoms with van der Waals surface area (Å²) in [5, 5.41) is 0. The fourth-order valence-corrected chi connectivity index (χ4v) is 2.95. The third-order valence-electron chi connectivity index (χ3n) is 3.67. The van der Waals surface area contributed by atoms with Crippen molar-refractivity contribution in [1.82, 2.24) is 9.47 Å². The Labute approximate surface area is 116 Å². The Kier molecular flexibility index (Phi) is 4.12. The van der Waals surface area contributed by atoms with Crippen molar-refractivity contribution in [3.63, 3.8) is 0 Å². The normalized spacial score (nSPS) is 24.3. The van der Waals surface area contributed by atoms with Gasteiger partial charge in [0, 0.05) is 37.9 Å². The highest BCUT2D eigenvalue weighted by Gasteiger charge is 2.30. The van der Waals surface area contributed by atoms with Gasteiger partial charge in [-0.2, -0.15) is 0 Å². The molecule has 0 bridgehead atoms. The number of piperidine rings is 1. The lowest BCUT2D eigenvalue weighted by atomic mass is 9.95. The zero-order valence-corrected chi connectivity index (χ0v) is 12.6. The van der Waals surface area contributed by atoms with Gasteiger partial charge >= 0.3 is 0 Å². The summed E-state index contributed by atoms with van der Waals surface area (Å²) in [7, 11) is 3.60. The number of ether oxygens (including phenoxy) is 1. The number of hydrogen-bond donors (Lipinski definition) is 0. The van der Waals surface area contributed by atoms with Gasteiger partial charge in [-0.05, 0) is 34.3 Å². The number of likely N-dealkylation sites (tertiary alicyclic amines) is 1. The maximum atomic E-state index is 12.4. The fraction of sp³-hybridized carbons (Fsp3) is 0.615. The molecule has 2 heterocycles. The molecule has 4 nitrogen and oxygen atoms in total. The van der Waals surface area contributed by atoms with E-state index in [0.717, 1.165) is 17.4 Å². The maximum absolute atomic E-state index is 12.4. The first-order valence-electron chi connectivity index (χ1n) is 6.17. The van der Waals surface area contributed by atoms with Crippen molar-refractivity contribution < 1.29 is 9.53 Å². The molecule has 0 spiro atoms. The van der Waals surface area contributed by atoms with Crippen LogP contribution in [0.3, 0.4) is 0 Å². The average molecular weight is 315 g/mol. The standard InChI is InChI=1S/C13H19BrN2O2/c1-9-4-5-16(8-12(9)18-3)13(17)11-6-10(14)7-15(11)2/h6-7,9,12H,4-5,8H2,1-3H3. The van der Waals surface area contributed by atoms with Crippen molar-refractivity contribution >= 4 is 21.8 Å². The molecule has 18 heavy (non-hydrogen) atoms. The Bertz CT molecular complexity index is 444. The molecule has 0 aliphatic carbocycles. The quantitative estimate of drug-likeness (QED) is 0.839. The third-order valence-corrected chi connectivity index (χ3v) is 4.10. The van der Waals surface area contributed by atoms with Gasteiger partial charge < -0.3 is 14.2 Å². The van der Waals surface area contributed by atoms with E-state index in [-0.39, 0.29) is 12.0 Å². The molecule has 0 radical (unpaired) electrons. The van der Waals surface area contributed by atoms with E-state index in [4.69, 9.17) is 4.74 Å². The van der Waals surface area contributed by atoms with Crippen LogP contribution < -0.4 is 0 Å². The third kappa shape index (κ3) is 2.62. The monoisotopic (exact) mass is 314 g/mol. The average Bonchev–Trinajstić information content (AvgIpc) is 2.68. The lowest BCUT2D eigenvalue weighted by Gasteiger charge is -2.36. The second-order valence-corrected chi connectivity index (χ2v) is 5.86. The highest BCUT2D eigenvalue weighted by molar-refractivity contribution is 9.10. The van der Waals surface area contributed by atoms with E-state index in [1.165, 1.54) is 0 Å². The van der Waals surface area contributed by atoms with Gasteiger partial charge in [0.05, 0.1) is 6.10 Å². The van der Waals surface area contributed by atoms with Crippen LogP contribution in [0.1, 0.15) is 23.8 Å². The summed E-state index contributed by atoms with van der Waals surface area (Å²) >= 11 is 3.39. The summed E-state index contributed by atoms with van der Waals surface area (Å²) in [6.45, 7) is 3.66. The summed E-state index contributed by atoms with van der Waals surface area (Å²) in [6, 6.07) is 1.86. The molecular formula is C13H19BrN2O2. The molecule has 1 fully saturated rings. The van der Waals surface area contributed by atoms with E-state index in [0.29, 0.717) is 18.2 Å². The van der Waals surface area contributed by atoms with Crippen molar-refractivity contribution in [2.45, 2.75) is 19.4 Å². The molecule has 2 atom stereocenters. The van der Waals surface area contributed by atoms with Gasteiger partial charge in [0.1, 0.15) is 5.69 Å². The molecule has 1 saturated heterocycles. The second-order valence-electron chi connectivity index (χ2n) is 4.95. The molecule has 1 aliphatic rings. The number of amides is 1. The number of halogens is 1. The molecule has 5 heteroatoms. The van der Waals surface area contributed by atoms with E-state index in [1.54, 1.807) is 7.11 Å². The molecule has 2 unspecified atom stereocenters. The molecular weight excluding hydrogens is 296 g/mol. The number of methoxy groups -OCH3 is 1. The summed E-state index contributed by atoms with van der Waals surface area (Å²) in [5.41, 5.74) is 0.714. The number of hydrogen-bond acceptors (Lipinski definition) is 2. The van der Waals surface area contributed by atoms with Crippen molar-refractivity contribution in [3.05, 3.63) is 22.4 Å². The number of aromatic nitrogens is 1. The van der Waals surface area contributed by atoms with Gasteiger partial charge in [-0.3, -0.25) is 4.79 Å². The SMILES string of the molecule is COC1CN(C(=O)c2cc(Br)cn2C)CCC1C. The summed E-state index contributed by atoms with van der Waals surface area (Å²) in [6.07, 6.45) is 3.04. The van der Waals surface area contributed by atoms with Crippen LogP contribution in [-0.2, 0) is 11.8 Å². The molecule has 0 aromatic carbocycles. The van der Waals surface area contributed by atoms with Crippen LogP contribution >= 0.6 is 15.9 Å². The molecule has 1 aliphatic heterocycles. The van der Waals surface area contributed by atoms with Gasteiger partial charge in [0.25, 0.3) is 5.91 Å². The van der Waals surface area contributed by atoms with Gasteiger partial charge in [-0.1, -0.05) is 6.92 Å². The zero-order valence-electron chi connectivity index (χ0n) is 11.0. The van der Waals surface area contributed by atoms with Crippen LogP contribution in [-0.4, -0.2) is 41.7 Å². The van der Waals surface area contributed by atoms with Crippen LogP contribution in [0.4, 0.5) is 0 Å². The van der Waals surface area contributed by atoms with Crippen LogP contribution in [0.5, 0.6) is 0 Å². The van der Waals surface area contributed by atoms with Crippen molar-refractivity contribution in [2.75, 3.05) is 20.2 Å². The number of rotatable bonds is 2. The van der Waals surface area contributed by atoms with Crippen molar-refractivity contribution in [3.8, 4) is 0 Å². The highest BCUT2D eigenvalue weighted by atomic mass is 79.9. The number of aryl methyl sites for hydroxylation is 1. The van der Waals surface area contributed by atoms with E-state index in [1.807, 2.05) is 28.8 Å². The lowest BCUT2D eigenvalue weighted by Crippen LogP contribution is -2.47. The van der Waals surface area contributed by atoms with Crippen LogP contribution in [0.2, 0.25) is 0 Å². The zero-order chi connectivity index (χ0) is 13.3. The first-order chi connectivity index (χ1) is 8.52. The van der Waals surface area contributed by atoms with Crippen LogP contribution in [0, 0.1) is 5.92 Å². The largest absolute Gasteiger partial charge is 0.379 e. The Morgan fingerprint density at radius 3 is 2.83 bits per heavy atom. The molecule has 1 amide bonds.